The largest absolute Gasteiger partial charge is 0.366 e. The number of sulfonamides is 1. The van der Waals surface area contributed by atoms with Gasteiger partial charge in [-0.3, -0.25) is 4.79 Å². The van der Waals surface area contributed by atoms with Gasteiger partial charge in [0.1, 0.15) is 18.0 Å². The highest BCUT2D eigenvalue weighted by Crippen LogP contribution is 2.20. The van der Waals surface area contributed by atoms with Gasteiger partial charge in [0.05, 0.1) is 4.90 Å². The molecule has 4 rings (SSSR count). The van der Waals surface area contributed by atoms with Gasteiger partial charge in [-0.1, -0.05) is 12.1 Å². The summed E-state index contributed by atoms with van der Waals surface area (Å²) in [6, 6.07) is 15.9. The molecule has 11 heteroatoms. The van der Waals surface area contributed by atoms with E-state index in [-0.39, 0.29) is 10.8 Å². The fourth-order valence-corrected chi connectivity index (χ4v) is 4.51. The van der Waals surface area contributed by atoms with Crippen LogP contribution in [0.4, 0.5) is 17.3 Å². The van der Waals surface area contributed by atoms with Gasteiger partial charge in [0, 0.05) is 43.0 Å². The van der Waals surface area contributed by atoms with Crippen LogP contribution in [0.3, 0.4) is 0 Å². The highest BCUT2D eigenvalue weighted by atomic mass is 32.2. The van der Waals surface area contributed by atoms with Crippen molar-refractivity contribution in [2.45, 2.75) is 23.9 Å². The Kier molecular flexibility index (Phi) is 7.29. The van der Waals surface area contributed by atoms with E-state index in [1.54, 1.807) is 18.2 Å². The quantitative estimate of drug-likeness (QED) is 0.433. The van der Waals surface area contributed by atoms with Crippen LogP contribution in [0.5, 0.6) is 0 Å². The third kappa shape index (κ3) is 6.32. The molecule has 3 aromatic rings. The molecular weight excluding hydrogens is 466 g/mol. The third-order valence-corrected chi connectivity index (χ3v) is 6.86. The van der Waals surface area contributed by atoms with Crippen LogP contribution >= 0.6 is 0 Å². The Bertz CT molecular complexity index is 1300. The van der Waals surface area contributed by atoms with Crippen LogP contribution in [0, 0.1) is 0 Å². The third-order valence-electron chi connectivity index (χ3n) is 5.95. The van der Waals surface area contributed by atoms with Gasteiger partial charge in [-0.05, 0) is 62.5 Å². The zero-order valence-electron chi connectivity index (χ0n) is 19.7. The lowest BCUT2D eigenvalue weighted by Crippen LogP contribution is -2.34. The average Bonchev–Trinajstić information content (AvgIpc) is 3.34. The Morgan fingerprint density at radius 2 is 1.86 bits per heavy atom. The summed E-state index contributed by atoms with van der Waals surface area (Å²) in [7, 11) is 0.323. The maximum absolute atomic E-state index is 12.8. The molecule has 1 atom stereocenters. The number of aromatic nitrogens is 2. The van der Waals surface area contributed by atoms with Gasteiger partial charge < -0.3 is 20.4 Å². The maximum atomic E-state index is 12.8. The number of rotatable bonds is 8. The normalized spacial score (nSPS) is 15.9. The Labute approximate surface area is 205 Å². The SMILES string of the molecule is CN(C)[C@H]1CCN(C(=O)c2ccc(Nc3cc(NCc4cccc(S(N)(=O)=O)c4)ncn3)cc2)C1. The predicted octanol–water partition coefficient (Wildman–Crippen LogP) is 2.26. The molecule has 10 nitrogen and oxygen atoms in total. The number of likely N-dealkylation sites (N-methyl/N-ethyl adjacent to an activating group) is 1. The molecule has 1 aromatic heterocycles. The minimum Gasteiger partial charge on any atom is -0.366 e. The minimum atomic E-state index is -3.76. The summed E-state index contributed by atoms with van der Waals surface area (Å²) in [4.78, 5) is 25.4. The van der Waals surface area contributed by atoms with E-state index in [0.717, 1.165) is 30.8 Å². The first-order chi connectivity index (χ1) is 16.7. The molecule has 1 fully saturated rings. The number of amides is 1. The predicted molar refractivity (Wildman–Crippen MR) is 135 cm³/mol. The van der Waals surface area contributed by atoms with Crippen LogP contribution in [0.25, 0.3) is 0 Å². The number of carbonyl (C=O) groups excluding carboxylic acids is 1. The standard InChI is InChI=1S/C24H29N7O3S/c1-30(2)20-10-11-31(15-20)24(32)18-6-8-19(9-7-18)29-23-13-22(27-16-28-23)26-14-17-4-3-5-21(12-17)35(25,33)34/h3-9,12-13,16,20H,10-11,14-15H2,1-2H3,(H2,25,33,34)(H2,26,27,28,29)/t20-/m0/s1. The highest BCUT2D eigenvalue weighted by Gasteiger charge is 2.27. The molecule has 0 bridgehead atoms. The number of carbonyl (C=O) groups is 1. The Morgan fingerprint density at radius 3 is 2.54 bits per heavy atom. The Balaban J connectivity index is 1.36. The van der Waals surface area contributed by atoms with Gasteiger partial charge in [0.2, 0.25) is 10.0 Å². The van der Waals surface area contributed by atoms with Crippen molar-refractivity contribution < 1.29 is 13.2 Å². The first-order valence-corrected chi connectivity index (χ1v) is 12.7. The number of nitrogens with zero attached hydrogens (tertiary/aromatic N) is 4. The topological polar surface area (TPSA) is 134 Å². The summed E-state index contributed by atoms with van der Waals surface area (Å²) >= 11 is 0. The van der Waals surface area contributed by atoms with Gasteiger partial charge in [-0.2, -0.15) is 0 Å². The second kappa shape index (κ2) is 10.4. The molecule has 0 aliphatic carbocycles. The van der Waals surface area contributed by atoms with E-state index in [9.17, 15) is 13.2 Å². The zero-order chi connectivity index (χ0) is 25.0. The summed E-state index contributed by atoms with van der Waals surface area (Å²) in [5.74, 6) is 1.19. The average molecular weight is 496 g/mol. The summed E-state index contributed by atoms with van der Waals surface area (Å²) in [5.41, 5.74) is 2.20. The van der Waals surface area contributed by atoms with E-state index in [1.165, 1.54) is 18.5 Å². The summed E-state index contributed by atoms with van der Waals surface area (Å²) in [5, 5.41) is 11.6. The number of hydrogen-bond acceptors (Lipinski definition) is 8. The fourth-order valence-electron chi connectivity index (χ4n) is 3.92. The molecule has 1 aliphatic heterocycles. The first-order valence-electron chi connectivity index (χ1n) is 11.2. The van der Waals surface area contributed by atoms with Crippen LogP contribution < -0.4 is 15.8 Å². The number of nitrogens with one attached hydrogen (secondary N) is 2. The number of anilines is 3. The number of likely N-dealkylation sites (tertiary alicyclic amines) is 1. The van der Waals surface area contributed by atoms with Crippen LogP contribution in [-0.2, 0) is 16.6 Å². The summed E-state index contributed by atoms with van der Waals surface area (Å²) in [6.45, 7) is 1.88. The maximum Gasteiger partial charge on any atom is 0.253 e. The molecule has 0 unspecified atom stereocenters. The first kappa shape index (κ1) is 24.6. The van der Waals surface area contributed by atoms with Gasteiger partial charge in [-0.15, -0.1) is 0 Å². The van der Waals surface area contributed by atoms with E-state index in [4.69, 9.17) is 5.14 Å². The van der Waals surface area contributed by atoms with Crippen LogP contribution in [-0.4, -0.2) is 67.3 Å². The molecule has 4 N–H and O–H groups in total. The van der Waals surface area contributed by atoms with E-state index < -0.39 is 10.0 Å². The van der Waals surface area contributed by atoms with Crippen molar-refractivity contribution >= 4 is 33.3 Å². The van der Waals surface area contributed by atoms with Crippen molar-refractivity contribution in [2.75, 3.05) is 37.8 Å². The molecule has 1 aliphatic rings. The number of primary sulfonamides is 1. The summed E-state index contributed by atoms with van der Waals surface area (Å²) in [6.07, 6.45) is 2.41. The smallest absolute Gasteiger partial charge is 0.253 e. The molecule has 184 valence electrons. The second-order valence-electron chi connectivity index (χ2n) is 8.69. The van der Waals surface area contributed by atoms with Gasteiger partial charge in [0.15, 0.2) is 0 Å². The molecule has 0 saturated carbocycles. The zero-order valence-corrected chi connectivity index (χ0v) is 20.5. The molecular formula is C24H29N7O3S. The van der Waals surface area contributed by atoms with Crippen molar-refractivity contribution in [1.82, 2.24) is 19.8 Å². The van der Waals surface area contributed by atoms with Crippen molar-refractivity contribution in [3.8, 4) is 0 Å². The van der Waals surface area contributed by atoms with E-state index in [0.29, 0.717) is 29.8 Å². The van der Waals surface area contributed by atoms with E-state index in [2.05, 4.69) is 25.5 Å². The van der Waals surface area contributed by atoms with E-state index >= 15 is 0 Å². The molecule has 0 radical (unpaired) electrons. The van der Waals surface area contributed by atoms with Crippen LogP contribution in [0.15, 0.2) is 65.8 Å². The van der Waals surface area contributed by atoms with Crippen LogP contribution in [0.1, 0.15) is 22.3 Å². The molecule has 0 spiro atoms. The van der Waals surface area contributed by atoms with Crippen LogP contribution in [0.2, 0.25) is 0 Å². The Hall–Kier alpha value is -3.54. The van der Waals surface area contributed by atoms with E-state index in [1.807, 2.05) is 43.3 Å². The molecule has 1 amide bonds. The number of benzene rings is 2. The monoisotopic (exact) mass is 495 g/mol. The summed E-state index contributed by atoms with van der Waals surface area (Å²) < 4.78 is 23.1. The van der Waals surface area contributed by atoms with Gasteiger partial charge in [-0.25, -0.2) is 23.5 Å². The van der Waals surface area contributed by atoms with Crippen molar-refractivity contribution in [1.29, 1.82) is 0 Å². The van der Waals surface area contributed by atoms with Crippen molar-refractivity contribution in [3.05, 3.63) is 72.1 Å². The number of nitrogens with two attached hydrogens (primary N) is 1. The van der Waals surface area contributed by atoms with Crippen molar-refractivity contribution in [2.24, 2.45) is 5.14 Å². The molecule has 35 heavy (non-hydrogen) atoms. The second-order valence-corrected chi connectivity index (χ2v) is 10.3. The van der Waals surface area contributed by atoms with Gasteiger partial charge >= 0.3 is 0 Å². The lowest BCUT2D eigenvalue weighted by Gasteiger charge is -2.20. The minimum absolute atomic E-state index is 0.0425. The lowest BCUT2D eigenvalue weighted by atomic mass is 10.2. The molecule has 2 heterocycles. The number of hydrogen-bond donors (Lipinski definition) is 3. The highest BCUT2D eigenvalue weighted by molar-refractivity contribution is 7.89. The lowest BCUT2D eigenvalue weighted by molar-refractivity contribution is 0.0783. The molecule has 1 saturated heterocycles. The van der Waals surface area contributed by atoms with Gasteiger partial charge in [0.25, 0.3) is 5.91 Å². The fraction of sp³-hybridized carbons (Fsp3) is 0.292. The Morgan fingerprint density at radius 1 is 1.11 bits per heavy atom. The molecule has 2 aromatic carbocycles. The van der Waals surface area contributed by atoms with Crippen molar-refractivity contribution in [3.63, 3.8) is 0 Å².